The minimum atomic E-state index is -0.0746. The van der Waals surface area contributed by atoms with Crippen molar-refractivity contribution in [1.29, 1.82) is 0 Å². The molecule has 2 heterocycles. The van der Waals surface area contributed by atoms with Crippen molar-refractivity contribution in [1.82, 2.24) is 14.6 Å². The Bertz CT molecular complexity index is 1160. The number of carbonyl (C=O) groups excluding carboxylic acids is 1. The van der Waals surface area contributed by atoms with E-state index in [0.717, 1.165) is 46.1 Å². The molecule has 0 saturated heterocycles. The maximum absolute atomic E-state index is 12.3. The number of aromatic nitrogens is 3. The Morgan fingerprint density at radius 3 is 2.77 bits per heavy atom. The van der Waals surface area contributed by atoms with E-state index in [1.165, 1.54) is 11.8 Å². The van der Waals surface area contributed by atoms with Crippen LogP contribution >= 0.6 is 11.8 Å². The molecule has 7 heteroatoms. The highest BCUT2D eigenvalue weighted by Gasteiger charge is 2.14. The van der Waals surface area contributed by atoms with Crippen LogP contribution in [0.1, 0.15) is 19.8 Å². The highest BCUT2D eigenvalue weighted by Crippen LogP contribution is 2.31. The van der Waals surface area contributed by atoms with Crippen molar-refractivity contribution >= 4 is 28.9 Å². The first-order chi connectivity index (χ1) is 15.2. The molecule has 0 saturated carbocycles. The second kappa shape index (κ2) is 10.1. The average Bonchev–Trinajstić information content (AvgIpc) is 3.24. The lowest BCUT2D eigenvalue weighted by Gasteiger charge is -2.09. The highest BCUT2D eigenvalue weighted by atomic mass is 32.2. The molecule has 0 atom stereocenters. The lowest BCUT2D eigenvalue weighted by molar-refractivity contribution is -0.113. The SMILES string of the molecule is CCCCOc1ccccc1-c1cc2c(SCC(=O)Nc3ccccc3)nccn2n1. The topological polar surface area (TPSA) is 68.5 Å². The van der Waals surface area contributed by atoms with E-state index >= 15 is 0 Å². The van der Waals surface area contributed by atoms with Crippen molar-refractivity contribution in [2.45, 2.75) is 24.8 Å². The van der Waals surface area contributed by atoms with E-state index in [0.29, 0.717) is 6.61 Å². The molecule has 0 spiro atoms. The fraction of sp³-hybridized carbons (Fsp3) is 0.208. The normalized spacial score (nSPS) is 10.9. The largest absolute Gasteiger partial charge is 0.493 e. The summed E-state index contributed by atoms with van der Waals surface area (Å²) in [6, 6.07) is 19.3. The van der Waals surface area contributed by atoms with Gasteiger partial charge in [-0.25, -0.2) is 9.50 Å². The van der Waals surface area contributed by atoms with Gasteiger partial charge in [-0.15, -0.1) is 0 Å². The monoisotopic (exact) mass is 432 g/mol. The Morgan fingerprint density at radius 2 is 1.94 bits per heavy atom. The molecule has 0 radical (unpaired) electrons. The number of rotatable bonds is 9. The molecular weight excluding hydrogens is 408 g/mol. The minimum absolute atomic E-state index is 0.0746. The number of nitrogens with zero attached hydrogens (tertiary/aromatic N) is 3. The first-order valence-electron chi connectivity index (χ1n) is 10.3. The Labute approximate surface area is 185 Å². The standard InChI is InChI=1S/C24H24N4O2S/c1-2-3-15-30-22-12-8-7-11-19(22)20-16-21-24(25-13-14-28(21)27-20)31-17-23(29)26-18-9-5-4-6-10-18/h4-14,16H,2-3,15,17H2,1H3,(H,26,29). The third-order valence-corrected chi connectivity index (χ3v) is 5.67. The van der Waals surface area contributed by atoms with Crippen molar-refractivity contribution in [3.63, 3.8) is 0 Å². The predicted molar refractivity (Wildman–Crippen MR) is 125 cm³/mol. The van der Waals surface area contributed by atoms with Gasteiger partial charge in [0.1, 0.15) is 10.8 Å². The number of benzene rings is 2. The van der Waals surface area contributed by atoms with Crippen molar-refractivity contribution in [3.8, 4) is 17.0 Å². The van der Waals surface area contributed by atoms with E-state index in [4.69, 9.17) is 9.84 Å². The zero-order chi connectivity index (χ0) is 21.5. The summed E-state index contributed by atoms with van der Waals surface area (Å²) >= 11 is 1.39. The van der Waals surface area contributed by atoms with Crippen LogP contribution in [0.5, 0.6) is 5.75 Å². The van der Waals surface area contributed by atoms with E-state index < -0.39 is 0 Å². The van der Waals surface area contributed by atoms with Gasteiger partial charge in [0.05, 0.1) is 23.6 Å². The summed E-state index contributed by atoms with van der Waals surface area (Å²) in [4.78, 5) is 16.8. The molecule has 2 aromatic carbocycles. The van der Waals surface area contributed by atoms with Crippen LogP contribution in [-0.2, 0) is 4.79 Å². The number of unbranched alkanes of at least 4 members (excludes halogenated alkanes) is 1. The van der Waals surface area contributed by atoms with Gasteiger partial charge in [0.2, 0.25) is 5.91 Å². The van der Waals surface area contributed by atoms with Crippen LogP contribution in [0.2, 0.25) is 0 Å². The van der Waals surface area contributed by atoms with Crippen LogP contribution in [0.3, 0.4) is 0 Å². The number of thioether (sulfide) groups is 1. The second-order valence-corrected chi connectivity index (χ2v) is 7.96. The lowest BCUT2D eigenvalue weighted by atomic mass is 10.1. The Hall–Kier alpha value is -3.32. The van der Waals surface area contributed by atoms with Crippen LogP contribution < -0.4 is 10.1 Å². The third kappa shape index (κ3) is 5.24. The lowest BCUT2D eigenvalue weighted by Crippen LogP contribution is -2.14. The van der Waals surface area contributed by atoms with Crippen molar-refractivity contribution in [2.75, 3.05) is 17.7 Å². The number of ether oxygens (including phenoxy) is 1. The second-order valence-electron chi connectivity index (χ2n) is 6.99. The first-order valence-corrected chi connectivity index (χ1v) is 11.3. The molecule has 0 bridgehead atoms. The Morgan fingerprint density at radius 1 is 1.13 bits per heavy atom. The summed E-state index contributed by atoms with van der Waals surface area (Å²) < 4.78 is 7.76. The van der Waals surface area contributed by atoms with E-state index in [2.05, 4.69) is 17.2 Å². The number of anilines is 1. The van der Waals surface area contributed by atoms with Gasteiger partial charge in [-0.1, -0.05) is 55.4 Å². The van der Waals surface area contributed by atoms with Gasteiger partial charge in [0, 0.05) is 23.6 Å². The zero-order valence-corrected chi connectivity index (χ0v) is 18.1. The molecule has 0 fully saturated rings. The smallest absolute Gasteiger partial charge is 0.234 e. The number of para-hydroxylation sites is 2. The quantitative estimate of drug-likeness (QED) is 0.287. The van der Waals surface area contributed by atoms with Gasteiger partial charge < -0.3 is 10.1 Å². The number of hydrogen-bond acceptors (Lipinski definition) is 5. The summed E-state index contributed by atoms with van der Waals surface area (Å²) in [5.74, 6) is 1.01. The molecule has 6 nitrogen and oxygen atoms in total. The molecule has 1 N–H and O–H groups in total. The third-order valence-electron chi connectivity index (χ3n) is 4.67. The molecular formula is C24H24N4O2S. The van der Waals surface area contributed by atoms with Crippen LogP contribution in [0.25, 0.3) is 16.8 Å². The summed E-state index contributed by atoms with van der Waals surface area (Å²) in [6.07, 6.45) is 5.61. The van der Waals surface area contributed by atoms with E-state index in [9.17, 15) is 4.79 Å². The Kier molecular flexibility index (Phi) is 6.84. The van der Waals surface area contributed by atoms with Gasteiger partial charge in [-0.2, -0.15) is 5.10 Å². The molecule has 4 aromatic rings. The van der Waals surface area contributed by atoms with Gasteiger partial charge >= 0.3 is 0 Å². The fourth-order valence-corrected chi connectivity index (χ4v) is 3.90. The van der Waals surface area contributed by atoms with E-state index in [1.807, 2.05) is 66.9 Å². The summed E-state index contributed by atoms with van der Waals surface area (Å²) in [6.45, 7) is 2.82. The number of fused-ring (bicyclic) bond motifs is 1. The molecule has 0 aliphatic heterocycles. The average molecular weight is 433 g/mol. The van der Waals surface area contributed by atoms with Crippen molar-refractivity contribution < 1.29 is 9.53 Å². The molecule has 0 aliphatic rings. The number of amides is 1. The molecule has 4 rings (SSSR count). The summed E-state index contributed by atoms with van der Waals surface area (Å²) in [7, 11) is 0. The van der Waals surface area contributed by atoms with Gasteiger partial charge in [-0.3, -0.25) is 4.79 Å². The van der Waals surface area contributed by atoms with Crippen LogP contribution in [0.15, 0.2) is 78.1 Å². The Balaban J connectivity index is 1.52. The van der Waals surface area contributed by atoms with Crippen LogP contribution in [0, 0.1) is 0 Å². The van der Waals surface area contributed by atoms with Gasteiger partial charge in [0.15, 0.2) is 0 Å². The summed E-state index contributed by atoms with van der Waals surface area (Å²) in [5.41, 5.74) is 3.40. The fourth-order valence-electron chi connectivity index (χ4n) is 3.12. The molecule has 0 aliphatic carbocycles. The van der Waals surface area contributed by atoms with Crippen LogP contribution in [0.4, 0.5) is 5.69 Å². The maximum atomic E-state index is 12.3. The number of nitrogens with one attached hydrogen (secondary N) is 1. The van der Waals surface area contributed by atoms with E-state index in [1.54, 1.807) is 10.7 Å². The first kappa shape index (κ1) is 20.9. The molecule has 31 heavy (non-hydrogen) atoms. The number of hydrogen-bond donors (Lipinski definition) is 1. The minimum Gasteiger partial charge on any atom is -0.493 e. The molecule has 2 aromatic heterocycles. The van der Waals surface area contributed by atoms with Gasteiger partial charge in [0.25, 0.3) is 0 Å². The van der Waals surface area contributed by atoms with Crippen LogP contribution in [-0.4, -0.2) is 32.9 Å². The molecule has 158 valence electrons. The van der Waals surface area contributed by atoms with Crippen molar-refractivity contribution in [3.05, 3.63) is 73.1 Å². The maximum Gasteiger partial charge on any atom is 0.234 e. The van der Waals surface area contributed by atoms with E-state index in [-0.39, 0.29) is 11.7 Å². The number of carbonyl (C=O) groups is 1. The predicted octanol–water partition coefficient (Wildman–Crippen LogP) is 5.31. The highest BCUT2D eigenvalue weighted by molar-refractivity contribution is 8.00. The summed E-state index contributed by atoms with van der Waals surface area (Å²) in [5, 5.41) is 8.36. The van der Waals surface area contributed by atoms with Gasteiger partial charge in [-0.05, 0) is 36.8 Å². The van der Waals surface area contributed by atoms with Crippen molar-refractivity contribution in [2.24, 2.45) is 0 Å². The molecule has 0 unspecified atom stereocenters. The zero-order valence-electron chi connectivity index (χ0n) is 17.3. The molecule has 1 amide bonds.